The van der Waals surface area contributed by atoms with Crippen molar-refractivity contribution in [3.05, 3.63) is 29.8 Å². The molecule has 1 aromatic rings. The van der Waals surface area contributed by atoms with Gasteiger partial charge in [-0.2, -0.15) is 11.8 Å². The Balaban J connectivity index is 2.05. The molecule has 0 aliphatic carbocycles. The van der Waals surface area contributed by atoms with Gasteiger partial charge in [-0.25, -0.2) is 0 Å². The van der Waals surface area contributed by atoms with Gasteiger partial charge in [-0.15, -0.1) is 0 Å². The van der Waals surface area contributed by atoms with Gasteiger partial charge >= 0.3 is 0 Å². The van der Waals surface area contributed by atoms with Gasteiger partial charge in [-0.3, -0.25) is 0 Å². The molecule has 0 saturated carbocycles. The van der Waals surface area contributed by atoms with Crippen LogP contribution in [0.2, 0.25) is 0 Å². The lowest BCUT2D eigenvalue weighted by Crippen LogP contribution is -2.43. The first-order chi connectivity index (χ1) is 9.02. The minimum Gasteiger partial charge on any atom is -0.369 e. The van der Waals surface area contributed by atoms with Crippen LogP contribution in [0.3, 0.4) is 0 Å². The zero-order valence-electron chi connectivity index (χ0n) is 12.6. The molecule has 1 N–H and O–H groups in total. The first kappa shape index (κ1) is 14.7. The van der Waals surface area contributed by atoms with Crippen LogP contribution < -0.4 is 10.2 Å². The lowest BCUT2D eigenvalue weighted by atomic mass is 10.1. The van der Waals surface area contributed by atoms with Crippen LogP contribution in [0.25, 0.3) is 0 Å². The molecule has 2 nitrogen and oxygen atoms in total. The summed E-state index contributed by atoms with van der Waals surface area (Å²) in [6.45, 7) is 12.4. The quantitative estimate of drug-likeness (QED) is 0.904. The minimum atomic E-state index is 0.369. The summed E-state index contributed by atoms with van der Waals surface area (Å²) in [6.07, 6.45) is 0. The van der Waals surface area contributed by atoms with Crippen LogP contribution in [0.4, 0.5) is 5.69 Å². The van der Waals surface area contributed by atoms with E-state index in [9.17, 15) is 0 Å². The van der Waals surface area contributed by atoms with E-state index in [1.54, 1.807) is 0 Å². The molecule has 0 bridgehead atoms. The van der Waals surface area contributed by atoms with Crippen molar-refractivity contribution < 1.29 is 0 Å². The predicted molar refractivity (Wildman–Crippen MR) is 87.3 cm³/mol. The molecule has 1 aliphatic rings. The third-order valence-corrected chi connectivity index (χ3v) is 4.99. The highest BCUT2D eigenvalue weighted by atomic mass is 32.2. The molecule has 1 atom stereocenters. The Morgan fingerprint density at radius 1 is 1.32 bits per heavy atom. The number of nitrogens with zero attached hydrogens (tertiary/aromatic N) is 1. The van der Waals surface area contributed by atoms with Crippen molar-refractivity contribution in [3.8, 4) is 0 Å². The van der Waals surface area contributed by atoms with Crippen LogP contribution in [0.15, 0.2) is 24.3 Å². The van der Waals surface area contributed by atoms with Crippen LogP contribution in [-0.2, 0) is 0 Å². The van der Waals surface area contributed by atoms with E-state index in [0.717, 1.165) is 19.6 Å². The highest BCUT2D eigenvalue weighted by Gasteiger charge is 2.27. The number of anilines is 1. The number of thioether (sulfide) groups is 1. The lowest BCUT2D eigenvalue weighted by Gasteiger charge is -2.39. The Hall–Kier alpha value is -0.670. The van der Waals surface area contributed by atoms with E-state index in [2.05, 4.69) is 73.9 Å². The van der Waals surface area contributed by atoms with E-state index in [1.165, 1.54) is 17.0 Å². The van der Waals surface area contributed by atoms with Crippen LogP contribution in [0.1, 0.15) is 39.3 Å². The number of rotatable bonds is 4. The second kappa shape index (κ2) is 6.19. The summed E-state index contributed by atoms with van der Waals surface area (Å²) in [5, 5.41) is 3.46. The molecular formula is C16H26N2S. The highest BCUT2D eigenvalue weighted by Crippen LogP contribution is 2.32. The highest BCUT2D eigenvalue weighted by molar-refractivity contribution is 8.00. The molecule has 0 spiro atoms. The van der Waals surface area contributed by atoms with E-state index in [1.807, 2.05) is 0 Å². The lowest BCUT2D eigenvalue weighted by molar-refractivity contribution is 0.598. The molecular weight excluding hydrogens is 252 g/mol. The first-order valence-electron chi connectivity index (χ1n) is 7.24. The summed E-state index contributed by atoms with van der Waals surface area (Å²) in [5.74, 6) is 1.22. The molecule has 0 aromatic heterocycles. The largest absolute Gasteiger partial charge is 0.369 e. The SMILES string of the molecule is CCNC(C)c1ccc(N2CCSC(C)(C)C2)cc1. The molecule has 1 unspecified atom stereocenters. The molecule has 1 fully saturated rings. The summed E-state index contributed by atoms with van der Waals surface area (Å²) in [6, 6.07) is 9.51. The van der Waals surface area contributed by atoms with Gasteiger partial charge in [0.05, 0.1) is 0 Å². The third-order valence-electron chi connectivity index (χ3n) is 3.69. The Kier molecular flexibility index (Phi) is 4.80. The van der Waals surface area contributed by atoms with Gasteiger partial charge in [0.2, 0.25) is 0 Å². The zero-order chi connectivity index (χ0) is 13.9. The number of hydrogen-bond donors (Lipinski definition) is 1. The smallest absolute Gasteiger partial charge is 0.0367 e. The zero-order valence-corrected chi connectivity index (χ0v) is 13.4. The number of nitrogens with one attached hydrogen (secondary N) is 1. The summed E-state index contributed by atoms with van der Waals surface area (Å²) in [5.41, 5.74) is 2.73. The van der Waals surface area contributed by atoms with Crippen molar-refractivity contribution in [1.82, 2.24) is 5.32 Å². The molecule has 1 heterocycles. The maximum absolute atomic E-state index is 3.46. The van der Waals surface area contributed by atoms with Gasteiger partial charge in [0.15, 0.2) is 0 Å². The Morgan fingerprint density at radius 3 is 2.58 bits per heavy atom. The summed E-state index contributed by atoms with van der Waals surface area (Å²) >= 11 is 2.08. The van der Waals surface area contributed by atoms with Crippen molar-refractivity contribution in [2.24, 2.45) is 0 Å². The van der Waals surface area contributed by atoms with Crippen LogP contribution in [0, 0.1) is 0 Å². The summed E-state index contributed by atoms with van der Waals surface area (Å²) in [7, 11) is 0. The van der Waals surface area contributed by atoms with Crippen molar-refractivity contribution in [2.45, 2.75) is 38.5 Å². The van der Waals surface area contributed by atoms with Crippen molar-refractivity contribution in [3.63, 3.8) is 0 Å². The van der Waals surface area contributed by atoms with E-state index >= 15 is 0 Å². The van der Waals surface area contributed by atoms with Gasteiger partial charge < -0.3 is 10.2 Å². The van der Waals surface area contributed by atoms with Crippen LogP contribution in [-0.4, -0.2) is 30.1 Å². The van der Waals surface area contributed by atoms with Crippen molar-refractivity contribution >= 4 is 17.4 Å². The van der Waals surface area contributed by atoms with Gasteiger partial charge in [0, 0.05) is 35.3 Å². The standard InChI is InChI=1S/C16H26N2S/c1-5-17-13(2)14-6-8-15(9-7-14)18-10-11-19-16(3,4)12-18/h6-9,13,17H,5,10-12H2,1-4H3. The normalized spacial score (nSPS) is 20.3. The minimum absolute atomic E-state index is 0.369. The fraction of sp³-hybridized carbons (Fsp3) is 0.625. The van der Waals surface area contributed by atoms with Crippen LogP contribution >= 0.6 is 11.8 Å². The predicted octanol–water partition coefficient (Wildman–Crippen LogP) is 3.69. The van der Waals surface area contributed by atoms with Gasteiger partial charge in [0.25, 0.3) is 0 Å². The Morgan fingerprint density at radius 2 is 2.00 bits per heavy atom. The van der Waals surface area contributed by atoms with E-state index < -0.39 is 0 Å². The Bertz CT molecular complexity index is 400. The molecule has 19 heavy (non-hydrogen) atoms. The van der Waals surface area contributed by atoms with E-state index in [0.29, 0.717) is 10.8 Å². The molecule has 1 aromatic carbocycles. The molecule has 106 valence electrons. The Labute approximate surface area is 122 Å². The second-order valence-corrected chi connectivity index (χ2v) is 7.70. The van der Waals surface area contributed by atoms with Gasteiger partial charge in [-0.1, -0.05) is 19.1 Å². The van der Waals surface area contributed by atoms with Gasteiger partial charge in [0.1, 0.15) is 0 Å². The average Bonchev–Trinajstić information content (AvgIpc) is 2.38. The molecule has 1 saturated heterocycles. The van der Waals surface area contributed by atoms with Crippen molar-refractivity contribution in [2.75, 3.05) is 30.3 Å². The van der Waals surface area contributed by atoms with E-state index in [4.69, 9.17) is 0 Å². The summed E-state index contributed by atoms with van der Waals surface area (Å²) < 4.78 is 0.369. The maximum atomic E-state index is 3.46. The number of hydrogen-bond acceptors (Lipinski definition) is 3. The molecule has 3 heteroatoms. The molecule has 0 radical (unpaired) electrons. The fourth-order valence-corrected chi connectivity index (χ4v) is 3.75. The number of benzene rings is 1. The summed E-state index contributed by atoms with van der Waals surface area (Å²) in [4.78, 5) is 2.51. The molecule has 0 amide bonds. The average molecular weight is 278 g/mol. The van der Waals surface area contributed by atoms with Gasteiger partial charge in [-0.05, 0) is 45.0 Å². The maximum Gasteiger partial charge on any atom is 0.0367 e. The molecule has 1 aliphatic heterocycles. The van der Waals surface area contributed by atoms with E-state index in [-0.39, 0.29) is 0 Å². The van der Waals surface area contributed by atoms with Crippen LogP contribution in [0.5, 0.6) is 0 Å². The monoisotopic (exact) mass is 278 g/mol. The van der Waals surface area contributed by atoms with Crippen molar-refractivity contribution in [1.29, 1.82) is 0 Å². The molecule has 2 rings (SSSR count). The second-order valence-electron chi connectivity index (χ2n) is 5.90. The first-order valence-corrected chi connectivity index (χ1v) is 8.22. The third kappa shape index (κ3) is 3.90. The topological polar surface area (TPSA) is 15.3 Å². The fourth-order valence-electron chi connectivity index (χ4n) is 2.63.